The van der Waals surface area contributed by atoms with Crippen LogP contribution >= 0.6 is 0 Å². The van der Waals surface area contributed by atoms with Crippen molar-refractivity contribution in [1.82, 2.24) is 0 Å². The van der Waals surface area contributed by atoms with E-state index in [2.05, 4.69) is 19.0 Å². The van der Waals surface area contributed by atoms with Crippen molar-refractivity contribution in [2.75, 3.05) is 11.9 Å². The average Bonchev–Trinajstić information content (AvgIpc) is 3.05. The van der Waals surface area contributed by atoms with E-state index in [1.165, 1.54) is 0 Å². The molecule has 1 aliphatic rings. The van der Waals surface area contributed by atoms with Gasteiger partial charge >= 0.3 is 0 Å². The molecular weight excluding hydrogens is 242 g/mol. The summed E-state index contributed by atoms with van der Waals surface area (Å²) in [5.41, 5.74) is 7.00. The maximum Gasteiger partial charge on any atom is 0.230 e. The number of rotatable bonds is 3. The number of amidine groups is 1. The molecule has 5 nitrogen and oxygen atoms in total. The molecule has 1 saturated carbocycles. The van der Waals surface area contributed by atoms with Gasteiger partial charge in [0.25, 0.3) is 0 Å². The summed E-state index contributed by atoms with van der Waals surface area (Å²) in [7, 11) is 1.75. The highest BCUT2D eigenvalue weighted by Crippen LogP contribution is 2.52. The molecule has 0 aromatic heterocycles. The van der Waals surface area contributed by atoms with Crippen LogP contribution in [-0.4, -0.2) is 24.0 Å². The smallest absolute Gasteiger partial charge is 0.230 e. The molecule has 1 unspecified atom stereocenters. The monoisotopic (exact) mass is 261 g/mol. The number of benzene rings is 1. The van der Waals surface area contributed by atoms with Crippen molar-refractivity contribution in [3.05, 3.63) is 29.8 Å². The number of carbonyl (C=O) groups excluding carboxylic acids is 1. The molecule has 5 heteroatoms. The topological polar surface area (TPSA) is 78.9 Å². The van der Waals surface area contributed by atoms with Gasteiger partial charge in [-0.1, -0.05) is 31.1 Å². The number of oxime groups is 1. The number of anilines is 1. The minimum atomic E-state index is 0.0365. The Morgan fingerprint density at radius 1 is 1.53 bits per heavy atom. The molecule has 1 fully saturated rings. The third-order valence-electron chi connectivity index (χ3n) is 3.78. The van der Waals surface area contributed by atoms with Crippen LogP contribution in [0.5, 0.6) is 0 Å². The molecule has 0 heterocycles. The summed E-state index contributed by atoms with van der Waals surface area (Å²) >= 11 is 0. The molecule has 1 amide bonds. The van der Waals surface area contributed by atoms with Gasteiger partial charge in [0.2, 0.25) is 5.91 Å². The van der Waals surface area contributed by atoms with Gasteiger partial charge in [0.1, 0.15) is 0 Å². The third-order valence-corrected chi connectivity index (χ3v) is 3.78. The second-order valence-electron chi connectivity index (χ2n) is 5.68. The first-order chi connectivity index (χ1) is 8.86. The lowest BCUT2D eigenvalue weighted by atomic mass is 10.1. The standard InChI is InChI=1S/C14H19N3O2/c1-14(2)8-11(14)13(18)17(3)10-6-4-5-9(7-10)12(15)16-19/h4-7,11,19H,8H2,1-3H3,(H2,15,16). The van der Waals surface area contributed by atoms with Crippen molar-refractivity contribution < 1.29 is 10.0 Å². The van der Waals surface area contributed by atoms with E-state index in [1.54, 1.807) is 30.1 Å². The molecule has 102 valence electrons. The van der Waals surface area contributed by atoms with E-state index in [-0.39, 0.29) is 23.1 Å². The Morgan fingerprint density at radius 3 is 2.68 bits per heavy atom. The van der Waals surface area contributed by atoms with Gasteiger partial charge in [0, 0.05) is 24.2 Å². The highest BCUT2D eigenvalue weighted by molar-refractivity contribution is 6.00. The number of hydrogen-bond donors (Lipinski definition) is 2. The Bertz CT molecular complexity index is 537. The molecule has 0 bridgehead atoms. The van der Waals surface area contributed by atoms with Crippen molar-refractivity contribution in [3.8, 4) is 0 Å². The number of carbonyl (C=O) groups is 1. The average molecular weight is 261 g/mol. The second kappa shape index (κ2) is 4.57. The summed E-state index contributed by atoms with van der Waals surface area (Å²) < 4.78 is 0. The van der Waals surface area contributed by atoms with E-state index in [9.17, 15) is 4.79 Å². The lowest BCUT2D eigenvalue weighted by Crippen LogP contribution is -2.29. The van der Waals surface area contributed by atoms with Crippen molar-refractivity contribution in [1.29, 1.82) is 0 Å². The van der Waals surface area contributed by atoms with E-state index in [4.69, 9.17) is 10.9 Å². The van der Waals surface area contributed by atoms with E-state index >= 15 is 0 Å². The summed E-state index contributed by atoms with van der Waals surface area (Å²) in [4.78, 5) is 13.9. The summed E-state index contributed by atoms with van der Waals surface area (Å²) in [5, 5.41) is 11.6. The third kappa shape index (κ3) is 2.54. The fourth-order valence-electron chi connectivity index (χ4n) is 2.18. The molecule has 19 heavy (non-hydrogen) atoms. The normalized spacial score (nSPS) is 21.0. The van der Waals surface area contributed by atoms with Crippen LogP contribution in [0, 0.1) is 11.3 Å². The van der Waals surface area contributed by atoms with Gasteiger partial charge in [-0.2, -0.15) is 0 Å². The maximum atomic E-state index is 12.3. The van der Waals surface area contributed by atoms with Gasteiger partial charge in [-0.25, -0.2) is 0 Å². The van der Waals surface area contributed by atoms with E-state index in [0.717, 1.165) is 12.1 Å². The molecule has 1 aromatic rings. The Morgan fingerprint density at radius 2 is 2.16 bits per heavy atom. The molecule has 0 spiro atoms. The van der Waals surface area contributed by atoms with Crippen molar-refractivity contribution >= 4 is 17.4 Å². The SMILES string of the molecule is CN(C(=O)C1CC1(C)C)c1cccc(/C(N)=N/O)c1. The molecule has 0 saturated heterocycles. The van der Waals surface area contributed by atoms with Crippen LogP contribution in [-0.2, 0) is 4.79 Å². The molecule has 1 aliphatic carbocycles. The lowest BCUT2D eigenvalue weighted by molar-refractivity contribution is -0.120. The number of nitrogens with zero attached hydrogens (tertiary/aromatic N) is 2. The van der Waals surface area contributed by atoms with Gasteiger partial charge in [-0.15, -0.1) is 0 Å². The predicted octanol–water partition coefficient (Wildman–Crippen LogP) is 1.79. The van der Waals surface area contributed by atoms with Crippen LogP contribution in [0.25, 0.3) is 0 Å². The summed E-state index contributed by atoms with van der Waals surface area (Å²) in [6, 6.07) is 7.09. The summed E-state index contributed by atoms with van der Waals surface area (Å²) in [6.45, 7) is 4.19. The van der Waals surface area contributed by atoms with Crippen molar-refractivity contribution in [2.24, 2.45) is 22.2 Å². The van der Waals surface area contributed by atoms with Crippen LogP contribution in [0.3, 0.4) is 0 Å². The molecule has 3 N–H and O–H groups in total. The van der Waals surface area contributed by atoms with Crippen LogP contribution in [0.4, 0.5) is 5.69 Å². The predicted molar refractivity (Wildman–Crippen MR) is 74.3 cm³/mol. The lowest BCUT2D eigenvalue weighted by Gasteiger charge is -2.19. The van der Waals surface area contributed by atoms with Gasteiger partial charge in [0.05, 0.1) is 0 Å². The van der Waals surface area contributed by atoms with Crippen LogP contribution in [0.15, 0.2) is 29.4 Å². The molecular formula is C14H19N3O2. The first-order valence-corrected chi connectivity index (χ1v) is 6.22. The minimum absolute atomic E-state index is 0.0365. The second-order valence-corrected chi connectivity index (χ2v) is 5.68. The summed E-state index contributed by atoms with van der Waals surface area (Å²) in [6.07, 6.45) is 0.927. The molecule has 1 aromatic carbocycles. The number of amides is 1. The fourth-order valence-corrected chi connectivity index (χ4v) is 2.18. The molecule has 1 atom stereocenters. The van der Waals surface area contributed by atoms with Crippen LogP contribution in [0.2, 0.25) is 0 Å². The largest absolute Gasteiger partial charge is 0.409 e. The summed E-state index contributed by atoms with van der Waals surface area (Å²) in [5.74, 6) is 0.237. The number of nitrogens with two attached hydrogens (primary N) is 1. The molecule has 2 rings (SSSR count). The highest BCUT2D eigenvalue weighted by atomic mass is 16.4. The first kappa shape index (κ1) is 13.4. The van der Waals surface area contributed by atoms with E-state index in [1.807, 2.05) is 6.07 Å². The highest BCUT2D eigenvalue weighted by Gasteiger charge is 2.51. The Kier molecular flexibility index (Phi) is 3.22. The zero-order valence-electron chi connectivity index (χ0n) is 11.4. The molecule has 0 radical (unpaired) electrons. The fraction of sp³-hybridized carbons (Fsp3) is 0.429. The zero-order valence-corrected chi connectivity index (χ0v) is 11.4. The molecule has 0 aliphatic heterocycles. The number of hydrogen-bond acceptors (Lipinski definition) is 3. The minimum Gasteiger partial charge on any atom is -0.409 e. The zero-order chi connectivity index (χ0) is 14.2. The maximum absolute atomic E-state index is 12.3. The van der Waals surface area contributed by atoms with Gasteiger partial charge in [-0.3, -0.25) is 4.79 Å². The Balaban J connectivity index is 2.20. The van der Waals surface area contributed by atoms with Crippen LogP contribution < -0.4 is 10.6 Å². The van der Waals surface area contributed by atoms with Crippen LogP contribution in [0.1, 0.15) is 25.8 Å². The van der Waals surface area contributed by atoms with E-state index in [0.29, 0.717) is 5.56 Å². The van der Waals surface area contributed by atoms with Crippen molar-refractivity contribution in [2.45, 2.75) is 20.3 Å². The van der Waals surface area contributed by atoms with Gasteiger partial charge in [0.15, 0.2) is 5.84 Å². The Hall–Kier alpha value is -2.04. The van der Waals surface area contributed by atoms with Gasteiger partial charge < -0.3 is 15.8 Å². The Labute approximate surface area is 112 Å². The van der Waals surface area contributed by atoms with E-state index < -0.39 is 0 Å². The van der Waals surface area contributed by atoms with Gasteiger partial charge in [-0.05, 0) is 24.0 Å². The quantitative estimate of drug-likeness (QED) is 0.377. The first-order valence-electron chi connectivity index (χ1n) is 6.22. The van der Waals surface area contributed by atoms with Crippen molar-refractivity contribution in [3.63, 3.8) is 0 Å².